The second-order valence-electron chi connectivity index (χ2n) is 7.82. The largest absolute Gasteiger partial charge is 0.336 e. The van der Waals surface area contributed by atoms with E-state index >= 15 is 0 Å². The summed E-state index contributed by atoms with van der Waals surface area (Å²) in [5.41, 5.74) is 0.800. The van der Waals surface area contributed by atoms with E-state index in [2.05, 4.69) is 5.32 Å². The molecule has 0 bridgehead atoms. The summed E-state index contributed by atoms with van der Waals surface area (Å²) in [5, 5.41) is 13.8. The fourth-order valence-corrected chi connectivity index (χ4v) is 5.23. The smallest absolute Gasteiger partial charge is 0.270 e. The molecule has 180 valence electrons. The third kappa shape index (κ3) is 5.20. The zero-order valence-corrected chi connectivity index (χ0v) is 19.3. The van der Waals surface area contributed by atoms with Crippen molar-refractivity contribution in [1.82, 2.24) is 9.21 Å². The predicted molar refractivity (Wildman–Crippen MR) is 129 cm³/mol. The maximum Gasteiger partial charge on any atom is 0.270 e. The lowest BCUT2D eigenvalue weighted by atomic mass is 10.1. The first-order valence-electron chi connectivity index (χ1n) is 10.8. The number of benzene rings is 3. The number of nitro benzene ring substituents is 1. The number of carbonyl (C=O) groups excluding carboxylic acids is 2. The molecule has 0 aliphatic carbocycles. The summed E-state index contributed by atoms with van der Waals surface area (Å²) in [6, 6.07) is 20.1. The van der Waals surface area contributed by atoms with Crippen LogP contribution in [0.3, 0.4) is 0 Å². The average molecular weight is 495 g/mol. The van der Waals surface area contributed by atoms with E-state index in [9.17, 15) is 28.1 Å². The summed E-state index contributed by atoms with van der Waals surface area (Å²) in [6.07, 6.45) is 0. The van der Waals surface area contributed by atoms with Gasteiger partial charge in [-0.3, -0.25) is 19.7 Å². The second-order valence-corrected chi connectivity index (χ2v) is 9.75. The molecular formula is C24H22N4O6S. The zero-order valence-electron chi connectivity index (χ0n) is 18.5. The molecule has 0 atom stereocenters. The molecule has 1 saturated heterocycles. The molecule has 2 amide bonds. The fourth-order valence-electron chi connectivity index (χ4n) is 3.77. The Hall–Kier alpha value is -4.09. The number of carbonyl (C=O) groups is 2. The predicted octanol–water partition coefficient (Wildman–Crippen LogP) is 2.99. The van der Waals surface area contributed by atoms with Crippen molar-refractivity contribution < 1.29 is 22.9 Å². The minimum absolute atomic E-state index is 0.0370. The van der Waals surface area contributed by atoms with Crippen molar-refractivity contribution >= 4 is 33.2 Å². The Labute approximate surface area is 202 Å². The first-order valence-corrected chi connectivity index (χ1v) is 12.2. The summed E-state index contributed by atoms with van der Waals surface area (Å²) < 4.78 is 27.1. The van der Waals surface area contributed by atoms with E-state index in [0.717, 1.165) is 6.07 Å². The number of non-ortho nitro benzene ring substituents is 1. The van der Waals surface area contributed by atoms with Crippen molar-refractivity contribution in [2.45, 2.75) is 4.90 Å². The Kier molecular flexibility index (Phi) is 6.90. The minimum Gasteiger partial charge on any atom is -0.336 e. The summed E-state index contributed by atoms with van der Waals surface area (Å²) in [5.74, 6) is -0.680. The molecule has 3 aromatic carbocycles. The van der Waals surface area contributed by atoms with E-state index < -0.39 is 14.9 Å². The zero-order chi connectivity index (χ0) is 25.0. The maximum absolute atomic E-state index is 13.2. The van der Waals surface area contributed by atoms with Crippen LogP contribution in [0.4, 0.5) is 11.4 Å². The molecule has 1 fully saturated rings. The second kappa shape index (κ2) is 10.0. The van der Waals surface area contributed by atoms with Crippen LogP contribution < -0.4 is 5.32 Å². The quantitative estimate of drug-likeness (QED) is 0.414. The summed E-state index contributed by atoms with van der Waals surface area (Å²) in [6.45, 7) is 0.340. The molecule has 1 aliphatic heterocycles. The Bertz CT molecular complexity index is 1370. The number of hydrogen-bond acceptors (Lipinski definition) is 6. The number of para-hydroxylation sites is 1. The van der Waals surface area contributed by atoms with Crippen molar-refractivity contribution in [2.24, 2.45) is 0 Å². The van der Waals surface area contributed by atoms with Crippen LogP contribution in [0.5, 0.6) is 0 Å². The summed E-state index contributed by atoms with van der Waals surface area (Å²) in [7, 11) is -3.95. The lowest BCUT2D eigenvalue weighted by Gasteiger charge is -2.34. The van der Waals surface area contributed by atoms with E-state index in [-0.39, 0.29) is 48.6 Å². The van der Waals surface area contributed by atoms with Gasteiger partial charge < -0.3 is 10.2 Å². The molecule has 4 rings (SSSR count). The molecular weight excluding hydrogens is 472 g/mol. The van der Waals surface area contributed by atoms with Gasteiger partial charge in [-0.2, -0.15) is 4.31 Å². The highest BCUT2D eigenvalue weighted by Gasteiger charge is 2.32. The van der Waals surface area contributed by atoms with Gasteiger partial charge in [-0.15, -0.1) is 0 Å². The van der Waals surface area contributed by atoms with Gasteiger partial charge >= 0.3 is 0 Å². The van der Waals surface area contributed by atoms with Crippen LogP contribution >= 0.6 is 0 Å². The number of nitrogens with zero attached hydrogens (tertiary/aromatic N) is 3. The van der Waals surface area contributed by atoms with Gasteiger partial charge in [0, 0.05) is 43.9 Å². The van der Waals surface area contributed by atoms with Crippen LogP contribution in [0.15, 0.2) is 83.8 Å². The molecule has 11 heteroatoms. The minimum atomic E-state index is -3.95. The number of rotatable bonds is 6. The van der Waals surface area contributed by atoms with E-state index in [1.807, 2.05) is 0 Å². The van der Waals surface area contributed by atoms with Crippen LogP contribution in [0.2, 0.25) is 0 Å². The van der Waals surface area contributed by atoms with Crippen LogP contribution in [0.1, 0.15) is 20.7 Å². The summed E-state index contributed by atoms with van der Waals surface area (Å²) >= 11 is 0. The van der Waals surface area contributed by atoms with Crippen LogP contribution in [0.25, 0.3) is 0 Å². The molecule has 35 heavy (non-hydrogen) atoms. The third-order valence-electron chi connectivity index (χ3n) is 5.63. The van der Waals surface area contributed by atoms with E-state index in [1.54, 1.807) is 54.6 Å². The van der Waals surface area contributed by atoms with Crippen molar-refractivity contribution in [3.63, 3.8) is 0 Å². The molecule has 1 aliphatic rings. The molecule has 10 nitrogen and oxygen atoms in total. The van der Waals surface area contributed by atoms with Crippen molar-refractivity contribution in [1.29, 1.82) is 0 Å². The molecule has 0 unspecified atom stereocenters. The number of piperazine rings is 1. The van der Waals surface area contributed by atoms with Gasteiger partial charge in [0.1, 0.15) is 0 Å². The normalized spacial score (nSPS) is 14.3. The molecule has 1 heterocycles. The molecule has 3 aromatic rings. The Morgan fingerprint density at radius 1 is 0.857 bits per heavy atom. The highest BCUT2D eigenvalue weighted by atomic mass is 32.2. The van der Waals surface area contributed by atoms with Crippen LogP contribution in [0, 0.1) is 10.1 Å². The van der Waals surface area contributed by atoms with Crippen molar-refractivity contribution in [3.05, 3.63) is 100 Å². The first-order chi connectivity index (χ1) is 16.8. The van der Waals surface area contributed by atoms with E-state index in [4.69, 9.17) is 0 Å². The lowest BCUT2D eigenvalue weighted by molar-refractivity contribution is -0.385. The van der Waals surface area contributed by atoms with Gasteiger partial charge in [0.05, 0.1) is 21.1 Å². The Balaban J connectivity index is 1.46. The van der Waals surface area contributed by atoms with Crippen molar-refractivity contribution in [2.75, 3.05) is 31.5 Å². The highest BCUT2D eigenvalue weighted by molar-refractivity contribution is 7.89. The van der Waals surface area contributed by atoms with Gasteiger partial charge in [-0.1, -0.05) is 36.4 Å². The number of anilines is 1. The molecule has 0 radical (unpaired) electrons. The third-order valence-corrected chi connectivity index (χ3v) is 7.53. The Morgan fingerprint density at radius 3 is 2.20 bits per heavy atom. The van der Waals surface area contributed by atoms with Crippen LogP contribution in [-0.2, 0) is 10.0 Å². The first kappa shape index (κ1) is 24.0. The number of nitrogens with one attached hydrogen (secondary N) is 1. The summed E-state index contributed by atoms with van der Waals surface area (Å²) in [4.78, 5) is 37.5. The number of sulfonamides is 1. The standard InChI is InChI=1S/C24H22N4O6S/c29-23(18-7-2-1-3-8-18)25-22-12-5-4-11-21(22)24(30)26-13-15-27(16-14-26)35(33,34)20-10-6-9-19(17-20)28(31)32/h1-12,17H,13-16H2,(H,25,29). The molecule has 1 N–H and O–H groups in total. The van der Waals surface area contributed by atoms with Crippen molar-refractivity contribution in [3.8, 4) is 0 Å². The van der Waals surface area contributed by atoms with Gasteiger partial charge in [0.2, 0.25) is 10.0 Å². The maximum atomic E-state index is 13.2. The van der Waals surface area contributed by atoms with Gasteiger partial charge in [0.15, 0.2) is 0 Å². The molecule has 0 saturated carbocycles. The fraction of sp³-hybridized carbons (Fsp3) is 0.167. The monoisotopic (exact) mass is 494 g/mol. The van der Waals surface area contributed by atoms with E-state index in [1.165, 1.54) is 27.4 Å². The SMILES string of the molecule is O=C(Nc1ccccc1C(=O)N1CCN(S(=O)(=O)c2cccc([N+](=O)[O-])c2)CC1)c1ccccc1. The Morgan fingerprint density at radius 2 is 1.51 bits per heavy atom. The number of nitro groups is 1. The molecule has 0 aromatic heterocycles. The van der Waals surface area contributed by atoms with Crippen LogP contribution in [-0.4, -0.2) is 60.5 Å². The average Bonchev–Trinajstić information content (AvgIpc) is 2.89. The van der Waals surface area contributed by atoms with Gasteiger partial charge in [-0.05, 0) is 30.3 Å². The topological polar surface area (TPSA) is 130 Å². The lowest BCUT2D eigenvalue weighted by Crippen LogP contribution is -2.50. The van der Waals surface area contributed by atoms with E-state index in [0.29, 0.717) is 16.8 Å². The van der Waals surface area contributed by atoms with Gasteiger partial charge in [-0.25, -0.2) is 8.42 Å². The highest BCUT2D eigenvalue weighted by Crippen LogP contribution is 2.24. The van der Waals surface area contributed by atoms with Gasteiger partial charge in [0.25, 0.3) is 17.5 Å². The number of hydrogen-bond donors (Lipinski definition) is 1. The molecule has 0 spiro atoms. The number of amides is 2.